The van der Waals surface area contributed by atoms with Crippen LogP contribution in [0.1, 0.15) is 16.2 Å². The summed E-state index contributed by atoms with van der Waals surface area (Å²) < 4.78 is 15.2. The van der Waals surface area contributed by atoms with Gasteiger partial charge in [0.15, 0.2) is 11.6 Å². The van der Waals surface area contributed by atoms with Gasteiger partial charge in [-0.3, -0.25) is 4.79 Å². The number of thiophene rings is 1. The molecule has 6 nitrogen and oxygen atoms in total. The van der Waals surface area contributed by atoms with Crippen molar-refractivity contribution in [2.75, 3.05) is 6.54 Å². The van der Waals surface area contributed by atoms with Gasteiger partial charge in [-0.2, -0.15) is 0 Å². The quantitative estimate of drug-likeness (QED) is 0.331. The van der Waals surface area contributed by atoms with Crippen LogP contribution in [0.3, 0.4) is 0 Å². The van der Waals surface area contributed by atoms with Crippen molar-refractivity contribution in [1.82, 2.24) is 24.6 Å². The number of hydrogen-bond donors (Lipinski definition) is 0. The summed E-state index contributed by atoms with van der Waals surface area (Å²) in [7, 11) is 0. The number of hydrogen-bond acceptors (Lipinski definition) is 6. The first kappa shape index (κ1) is 20.9. The van der Waals surface area contributed by atoms with Crippen LogP contribution >= 0.6 is 22.7 Å². The van der Waals surface area contributed by atoms with Crippen LogP contribution in [0.15, 0.2) is 71.4 Å². The zero-order chi connectivity index (χ0) is 23.1. The van der Waals surface area contributed by atoms with Crippen LogP contribution in [0.25, 0.3) is 32.5 Å². The van der Waals surface area contributed by atoms with Crippen molar-refractivity contribution < 1.29 is 9.18 Å². The first-order valence-corrected chi connectivity index (χ1v) is 12.5. The van der Waals surface area contributed by atoms with E-state index in [2.05, 4.69) is 21.2 Å². The second-order valence-corrected chi connectivity index (χ2v) is 9.72. The summed E-state index contributed by atoms with van der Waals surface area (Å²) in [6, 6.07) is 18.1. The Balaban J connectivity index is 1.19. The van der Waals surface area contributed by atoms with Gasteiger partial charge in [0.1, 0.15) is 16.5 Å². The Kier molecular flexibility index (Phi) is 5.27. The van der Waals surface area contributed by atoms with Crippen LogP contribution in [0.4, 0.5) is 4.39 Å². The van der Waals surface area contributed by atoms with E-state index >= 15 is 0 Å². The number of carbonyl (C=O) groups excluding carboxylic acids is 1. The highest BCUT2D eigenvalue weighted by atomic mass is 32.1. The van der Waals surface area contributed by atoms with E-state index in [9.17, 15) is 9.18 Å². The zero-order valence-corrected chi connectivity index (χ0v) is 19.5. The lowest BCUT2D eigenvalue weighted by atomic mass is 10.1. The first-order chi connectivity index (χ1) is 16.7. The lowest BCUT2D eigenvalue weighted by molar-refractivity contribution is 0.0708. The van der Waals surface area contributed by atoms with Gasteiger partial charge in [0.05, 0.1) is 6.54 Å². The Morgan fingerprint density at radius 3 is 2.47 bits per heavy atom. The van der Waals surface area contributed by atoms with E-state index < -0.39 is 0 Å². The molecule has 0 aliphatic carbocycles. The van der Waals surface area contributed by atoms with E-state index in [1.165, 1.54) is 28.3 Å². The molecule has 1 amide bonds. The summed E-state index contributed by atoms with van der Waals surface area (Å²) in [4.78, 5) is 20.8. The minimum atomic E-state index is -0.274. The molecule has 2 aromatic carbocycles. The van der Waals surface area contributed by atoms with Crippen LogP contribution < -0.4 is 0 Å². The van der Waals surface area contributed by atoms with Crippen molar-refractivity contribution >= 4 is 28.6 Å². The lowest BCUT2D eigenvalue weighted by Crippen LogP contribution is -2.38. The monoisotopic (exact) mass is 487 g/mol. The van der Waals surface area contributed by atoms with E-state index in [4.69, 9.17) is 0 Å². The number of halogens is 1. The minimum absolute atomic E-state index is 0.0132. The Hall–Kier alpha value is -3.69. The molecule has 0 spiro atoms. The van der Waals surface area contributed by atoms with Gasteiger partial charge in [-0.15, -0.1) is 32.9 Å². The van der Waals surface area contributed by atoms with Gasteiger partial charge in [-0.25, -0.2) is 9.37 Å². The smallest absolute Gasteiger partial charge is 0.254 e. The fraction of sp³-hybridized carbons (Fsp3) is 0.120. The Bertz CT molecular complexity index is 1460. The molecule has 6 rings (SSSR count). The third kappa shape index (κ3) is 3.82. The summed E-state index contributed by atoms with van der Waals surface area (Å²) in [6.07, 6.45) is 0. The topological polar surface area (TPSA) is 63.9 Å². The fourth-order valence-corrected chi connectivity index (χ4v) is 5.56. The fourth-order valence-electron chi connectivity index (χ4n) is 4.02. The molecule has 0 unspecified atom stereocenters. The third-order valence-electron chi connectivity index (χ3n) is 5.80. The minimum Gasteiger partial charge on any atom is -0.329 e. The van der Waals surface area contributed by atoms with Crippen LogP contribution in [0.2, 0.25) is 0 Å². The van der Waals surface area contributed by atoms with Crippen molar-refractivity contribution in [3.8, 4) is 32.5 Å². The molecule has 0 saturated heterocycles. The highest BCUT2D eigenvalue weighted by Gasteiger charge is 2.26. The molecule has 3 aromatic heterocycles. The number of aromatic nitrogens is 4. The highest BCUT2D eigenvalue weighted by Crippen LogP contribution is 2.30. The van der Waals surface area contributed by atoms with Crippen LogP contribution in [-0.2, 0) is 13.1 Å². The van der Waals surface area contributed by atoms with Gasteiger partial charge in [0.2, 0.25) is 0 Å². The predicted octanol–water partition coefficient (Wildman–Crippen LogP) is 5.59. The second-order valence-electron chi connectivity index (χ2n) is 7.92. The molecule has 0 N–H and O–H groups in total. The van der Waals surface area contributed by atoms with E-state index in [-0.39, 0.29) is 11.7 Å². The van der Waals surface area contributed by atoms with Crippen LogP contribution in [0, 0.1) is 5.82 Å². The number of rotatable bonds is 4. The highest BCUT2D eigenvalue weighted by molar-refractivity contribution is 7.13. The van der Waals surface area contributed by atoms with Gasteiger partial charge in [-0.05, 0) is 53.4 Å². The number of fused-ring (bicyclic) bond motifs is 1. The van der Waals surface area contributed by atoms with E-state index in [1.807, 2.05) is 45.7 Å². The van der Waals surface area contributed by atoms with Gasteiger partial charge in [-0.1, -0.05) is 18.2 Å². The maximum Gasteiger partial charge on any atom is 0.254 e. The Labute approximate surface area is 203 Å². The van der Waals surface area contributed by atoms with Crippen LogP contribution in [-0.4, -0.2) is 37.1 Å². The second kappa shape index (κ2) is 8.58. The van der Waals surface area contributed by atoms with E-state index in [1.54, 1.807) is 28.4 Å². The standard InChI is InChI=1S/C25H18FN5OS2/c26-19-9-7-17(8-10-19)24-27-20(15-34-24)23-29-28-22-14-30(11-12-31(22)23)25(32)18-5-3-16(4-6-18)21-2-1-13-33-21/h1-10,13,15H,11-12,14H2. The van der Waals surface area contributed by atoms with Crippen molar-refractivity contribution in [3.63, 3.8) is 0 Å². The SMILES string of the molecule is O=C(c1ccc(-c2cccs2)cc1)N1CCn2c(nnc2-c2csc(-c3ccc(F)cc3)n2)C1. The summed E-state index contributed by atoms with van der Waals surface area (Å²) in [5.41, 5.74) is 3.36. The van der Waals surface area contributed by atoms with Gasteiger partial charge in [0, 0.05) is 34.5 Å². The summed E-state index contributed by atoms with van der Waals surface area (Å²) in [5.74, 6) is 1.14. The molecule has 0 saturated carbocycles. The molecule has 0 bridgehead atoms. The van der Waals surface area contributed by atoms with Gasteiger partial charge < -0.3 is 9.47 Å². The molecular formula is C25H18FN5OS2. The van der Waals surface area contributed by atoms with Crippen molar-refractivity contribution in [1.29, 1.82) is 0 Å². The molecular weight excluding hydrogens is 469 g/mol. The molecule has 0 radical (unpaired) electrons. The van der Waals surface area contributed by atoms with Crippen molar-refractivity contribution in [3.05, 3.63) is 88.6 Å². The molecule has 9 heteroatoms. The third-order valence-corrected chi connectivity index (χ3v) is 7.61. The molecule has 4 heterocycles. The summed E-state index contributed by atoms with van der Waals surface area (Å²) in [5, 5.41) is 13.5. The average molecular weight is 488 g/mol. The summed E-state index contributed by atoms with van der Waals surface area (Å²) >= 11 is 3.16. The molecule has 0 fully saturated rings. The average Bonchev–Trinajstić information content (AvgIpc) is 3.64. The maximum atomic E-state index is 13.2. The van der Waals surface area contributed by atoms with Gasteiger partial charge >= 0.3 is 0 Å². The number of thiazole rings is 1. The number of amides is 1. The Morgan fingerprint density at radius 1 is 0.912 bits per heavy atom. The Morgan fingerprint density at radius 2 is 1.71 bits per heavy atom. The molecule has 168 valence electrons. The maximum absolute atomic E-state index is 13.2. The largest absolute Gasteiger partial charge is 0.329 e. The normalized spacial score (nSPS) is 13.1. The lowest BCUT2D eigenvalue weighted by Gasteiger charge is -2.27. The molecule has 1 aliphatic rings. The van der Waals surface area contributed by atoms with Crippen molar-refractivity contribution in [2.45, 2.75) is 13.1 Å². The first-order valence-electron chi connectivity index (χ1n) is 10.7. The summed E-state index contributed by atoms with van der Waals surface area (Å²) in [6.45, 7) is 1.56. The zero-order valence-electron chi connectivity index (χ0n) is 17.9. The number of nitrogens with zero attached hydrogens (tertiary/aromatic N) is 5. The van der Waals surface area contributed by atoms with E-state index in [0.717, 1.165) is 27.7 Å². The van der Waals surface area contributed by atoms with E-state index in [0.29, 0.717) is 31.0 Å². The predicted molar refractivity (Wildman–Crippen MR) is 131 cm³/mol. The number of carbonyl (C=O) groups is 1. The molecule has 34 heavy (non-hydrogen) atoms. The molecule has 1 aliphatic heterocycles. The number of benzene rings is 2. The molecule has 0 atom stereocenters. The van der Waals surface area contributed by atoms with Crippen LogP contribution in [0.5, 0.6) is 0 Å². The van der Waals surface area contributed by atoms with Gasteiger partial charge in [0.25, 0.3) is 5.91 Å². The van der Waals surface area contributed by atoms with Crippen molar-refractivity contribution in [2.24, 2.45) is 0 Å². The molecule has 5 aromatic rings.